The molecule has 0 aromatic heterocycles. The van der Waals surface area contributed by atoms with E-state index in [0.717, 1.165) is 12.8 Å². The van der Waals surface area contributed by atoms with E-state index in [4.69, 9.17) is 4.74 Å². The van der Waals surface area contributed by atoms with Crippen LogP contribution in [0.25, 0.3) is 0 Å². The predicted molar refractivity (Wildman–Crippen MR) is 61.2 cm³/mol. The molecule has 90 valence electrons. The number of hydrogen-bond donors (Lipinski definition) is 0. The maximum Gasteiger partial charge on any atom is 0.410 e. The number of carbonyl (C=O) groups excluding carboxylic acids is 2. The second-order valence-corrected chi connectivity index (χ2v) is 5.02. The summed E-state index contributed by atoms with van der Waals surface area (Å²) < 4.78 is 5.28. The monoisotopic (exact) mass is 225 g/mol. The number of aldehydes is 1. The smallest absolute Gasteiger partial charge is 0.410 e. The number of hydrogen-bond acceptors (Lipinski definition) is 3. The second kappa shape index (κ2) is 4.68. The van der Waals surface area contributed by atoms with Crippen molar-refractivity contribution in [2.24, 2.45) is 0 Å². The Morgan fingerprint density at radius 3 is 2.62 bits per heavy atom. The average molecular weight is 225 g/mol. The molecular formula is C12H19NO3. The molecule has 0 N–H and O–H groups in total. The highest BCUT2D eigenvalue weighted by atomic mass is 16.6. The van der Waals surface area contributed by atoms with Crippen LogP contribution in [-0.4, -0.2) is 35.5 Å². The topological polar surface area (TPSA) is 46.6 Å². The third-order valence-corrected chi connectivity index (χ3v) is 2.46. The minimum absolute atomic E-state index is 0.188. The van der Waals surface area contributed by atoms with Crippen molar-refractivity contribution in [2.45, 2.75) is 45.3 Å². The van der Waals surface area contributed by atoms with E-state index in [9.17, 15) is 9.59 Å². The van der Waals surface area contributed by atoms with Crippen molar-refractivity contribution >= 4 is 12.4 Å². The zero-order chi connectivity index (χ0) is 12.3. The van der Waals surface area contributed by atoms with Crippen molar-refractivity contribution in [1.29, 1.82) is 0 Å². The van der Waals surface area contributed by atoms with Gasteiger partial charge in [-0.05, 0) is 33.6 Å². The van der Waals surface area contributed by atoms with Crippen LogP contribution in [0.4, 0.5) is 4.79 Å². The lowest BCUT2D eigenvalue weighted by Gasteiger charge is -2.28. The molecule has 1 fully saturated rings. The normalized spacial score (nSPS) is 20.7. The van der Waals surface area contributed by atoms with Crippen molar-refractivity contribution < 1.29 is 14.3 Å². The lowest BCUT2D eigenvalue weighted by molar-refractivity contribution is -0.105. The quantitative estimate of drug-likeness (QED) is 0.534. The van der Waals surface area contributed by atoms with Crippen molar-refractivity contribution in [3.63, 3.8) is 0 Å². The van der Waals surface area contributed by atoms with Crippen LogP contribution in [0.2, 0.25) is 0 Å². The molecule has 1 saturated heterocycles. The number of nitrogens with zero attached hydrogens (tertiary/aromatic N) is 1. The van der Waals surface area contributed by atoms with Crippen molar-refractivity contribution in [2.75, 3.05) is 6.54 Å². The van der Waals surface area contributed by atoms with Crippen LogP contribution in [0.5, 0.6) is 0 Å². The maximum absolute atomic E-state index is 11.8. The van der Waals surface area contributed by atoms with Crippen molar-refractivity contribution in [3.05, 3.63) is 12.2 Å². The molecule has 0 saturated carbocycles. The van der Waals surface area contributed by atoms with Crippen LogP contribution in [0.15, 0.2) is 12.2 Å². The first kappa shape index (κ1) is 12.7. The summed E-state index contributed by atoms with van der Waals surface area (Å²) in [6.45, 7) is 9.77. The maximum atomic E-state index is 11.8. The first-order valence-corrected chi connectivity index (χ1v) is 5.49. The zero-order valence-corrected chi connectivity index (χ0v) is 10.2. The van der Waals surface area contributed by atoms with Crippen LogP contribution in [0.1, 0.15) is 33.6 Å². The Hall–Kier alpha value is -1.32. The summed E-state index contributed by atoms with van der Waals surface area (Å²) in [7, 11) is 0. The Morgan fingerprint density at radius 2 is 2.12 bits per heavy atom. The Kier molecular flexibility index (Phi) is 3.73. The molecule has 0 spiro atoms. The fraction of sp³-hybridized carbons (Fsp3) is 0.667. The number of rotatable bonds is 2. The molecule has 0 aliphatic carbocycles. The van der Waals surface area contributed by atoms with Gasteiger partial charge in [0.15, 0.2) is 0 Å². The lowest BCUT2D eigenvalue weighted by Crippen LogP contribution is -2.40. The summed E-state index contributed by atoms with van der Waals surface area (Å²) in [5.41, 5.74) is -0.0597. The molecule has 1 aliphatic heterocycles. The first-order valence-electron chi connectivity index (χ1n) is 5.49. The fourth-order valence-electron chi connectivity index (χ4n) is 1.77. The van der Waals surface area contributed by atoms with Gasteiger partial charge in [-0.1, -0.05) is 6.58 Å². The van der Waals surface area contributed by atoms with Crippen LogP contribution in [0, 0.1) is 0 Å². The molecule has 1 heterocycles. The molecule has 4 heteroatoms. The summed E-state index contributed by atoms with van der Waals surface area (Å²) in [4.78, 5) is 24.1. The first-order chi connectivity index (χ1) is 7.35. The van der Waals surface area contributed by atoms with E-state index in [1.807, 2.05) is 20.8 Å². The van der Waals surface area contributed by atoms with Crippen LogP contribution in [0.3, 0.4) is 0 Å². The minimum atomic E-state index is -0.507. The van der Waals surface area contributed by atoms with Crippen LogP contribution < -0.4 is 0 Å². The molecule has 1 atom stereocenters. The van der Waals surface area contributed by atoms with E-state index < -0.39 is 5.60 Å². The molecule has 0 aromatic carbocycles. The Labute approximate surface area is 96.3 Å². The van der Waals surface area contributed by atoms with Gasteiger partial charge in [-0.3, -0.25) is 4.79 Å². The molecule has 0 aromatic rings. The van der Waals surface area contributed by atoms with Gasteiger partial charge in [0.05, 0.1) is 6.04 Å². The third-order valence-electron chi connectivity index (χ3n) is 2.46. The predicted octanol–water partition coefficient (Wildman–Crippen LogP) is 2.14. The van der Waals surface area contributed by atoms with Gasteiger partial charge in [0.2, 0.25) is 0 Å². The Bertz CT molecular complexity index is 304. The van der Waals surface area contributed by atoms with Crippen molar-refractivity contribution in [3.8, 4) is 0 Å². The molecular weight excluding hydrogens is 206 g/mol. The summed E-state index contributed by atoms with van der Waals surface area (Å²) >= 11 is 0. The van der Waals surface area contributed by atoms with Gasteiger partial charge in [-0.2, -0.15) is 0 Å². The number of carbonyl (C=O) groups is 2. The number of amides is 1. The molecule has 0 radical (unpaired) electrons. The lowest BCUT2D eigenvalue weighted by atomic mass is 10.1. The summed E-state index contributed by atoms with van der Waals surface area (Å²) in [6.07, 6.45) is 2.03. The van der Waals surface area contributed by atoms with Crippen molar-refractivity contribution in [1.82, 2.24) is 4.90 Å². The highest BCUT2D eigenvalue weighted by Crippen LogP contribution is 2.24. The molecule has 4 nitrogen and oxygen atoms in total. The van der Waals surface area contributed by atoms with Gasteiger partial charge < -0.3 is 9.64 Å². The molecule has 1 amide bonds. The standard InChI is InChI=1S/C12H19NO3/c1-9(8-14)10-6-5-7-13(10)11(15)16-12(2,3)4/h8,10H,1,5-7H2,2-4H3/t10-/m0/s1. The highest BCUT2D eigenvalue weighted by Gasteiger charge is 2.33. The van der Waals surface area contributed by atoms with Gasteiger partial charge in [-0.15, -0.1) is 0 Å². The number of likely N-dealkylation sites (tertiary alicyclic amines) is 1. The highest BCUT2D eigenvalue weighted by molar-refractivity contribution is 5.77. The van der Waals surface area contributed by atoms with Gasteiger partial charge in [-0.25, -0.2) is 4.79 Å². The summed E-state index contributed by atoms with van der Waals surface area (Å²) in [5.74, 6) is 0. The van der Waals surface area contributed by atoms with Gasteiger partial charge in [0.25, 0.3) is 0 Å². The van der Waals surface area contributed by atoms with E-state index in [0.29, 0.717) is 18.4 Å². The van der Waals surface area contributed by atoms with E-state index in [1.54, 1.807) is 4.90 Å². The molecule has 16 heavy (non-hydrogen) atoms. The Balaban J connectivity index is 2.68. The van der Waals surface area contributed by atoms with E-state index in [2.05, 4.69) is 6.58 Å². The van der Waals surface area contributed by atoms with Crippen LogP contribution >= 0.6 is 0 Å². The summed E-state index contributed by atoms with van der Waals surface area (Å²) in [6, 6.07) is -0.188. The minimum Gasteiger partial charge on any atom is -0.444 e. The molecule has 0 unspecified atom stereocenters. The van der Waals surface area contributed by atoms with Gasteiger partial charge >= 0.3 is 6.09 Å². The Morgan fingerprint density at radius 1 is 1.50 bits per heavy atom. The average Bonchev–Trinajstić information content (AvgIpc) is 2.62. The SMILES string of the molecule is C=C(C=O)[C@@H]1CCCN1C(=O)OC(C)(C)C. The molecule has 1 rings (SSSR count). The molecule has 1 aliphatic rings. The third kappa shape index (κ3) is 3.08. The molecule has 0 bridgehead atoms. The second-order valence-electron chi connectivity index (χ2n) is 5.02. The van der Waals surface area contributed by atoms with E-state index in [1.165, 1.54) is 0 Å². The van der Waals surface area contributed by atoms with Crippen LogP contribution in [-0.2, 0) is 9.53 Å². The summed E-state index contributed by atoms with van der Waals surface area (Å²) in [5, 5.41) is 0. The zero-order valence-electron chi connectivity index (χ0n) is 10.2. The van der Waals surface area contributed by atoms with Gasteiger partial charge in [0.1, 0.15) is 11.9 Å². The largest absolute Gasteiger partial charge is 0.444 e. The fourth-order valence-corrected chi connectivity index (χ4v) is 1.77. The van der Waals surface area contributed by atoms with E-state index in [-0.39, 0.29) is 12.1 Å². The van der Waals surface area contributed by atoms with E-state index >= 15 is 0 Å². The van der Waals surface area contributed by atoms with Gasteiger partial charge in [0, 0.05) is 12.1 Å². The number of ether oxygens (including phenoxy) is 1.